The van der Waals surface area contributed by atoms with Gasteiger partial charge in [-0.1, -0.05) is 20.3 Å². The number of rotatable bonds is 6. The van der Waals surface area contributed by atoms with Crippen molar-refractivity contribution in [3.05, 3.63) is 0 Å². The van der Waals surface area contributed by atoms with E-state index >= 15 is 0 Å². The van der Waals surface area contributed by atoms with Gasteiger partial charge in [-0.25, -0.2) is 0 Å². The Bertz CT molecular complexity index is 194. The van der Waals surface area contributed by atoms with Crippen LogP contribution < -0.4 is 5.32 Å². The smallest absolute Gasteiger partial charge is 0.0554 e. The van der Waals surface area contributed by atoms with Gasteiger partial charge in [-0.2, -0.15) is 0 Å². The molecule has 0 atom stereocenters. The van der Waals surface area contributed by atoms with Gasteiger partial charge in [0.15, 0.2) is 0 Å². The molecular formula is C12H23NO. The minimum absolute atomic E-state index is 0.433. The van der Waals surface area contributed by atoms with Gasteiger partial charge in [0.25, 0.3) is 0 Å². The molecule has 0 aromatic rings. The maximum absolute atomic E-state index is 5.24. The summed E-state index contributed by atoms with van der Waals surface area (Å²) in [4.78, 5) is 0. The summed E-state index contributed by atoms with van der Waals surface area (Å²) < 4.78 is 5.24. The molecule has 0 unspecified atom stereocenters. The summed E-state index contributed by atoms with van der Waals surface area (Å²) >= 11 is 0. The first-order valence-corrected chi connectivity index (χ1v) is 5.97. The van der Waals surface area contributed by atoms with Crippen molar-refractivity contribution in [3.63, 3.8) is 0 Å². The summed E-state index contributed by atoms with van der Waals surface area (Å²) in [5.41, 5.74) is 1.12. The van der Waals surface area contributed by atoms with Crippen molar-refractivity contribution in [2.45, 2.75) is 39.5 Å². The second kappa shape index (κ2) is 3.82. The van der Waals surface area contributed by atoms with E-state index in [1.54, 1.807) is 0 Å². The van der Waals surface area contributed by atoms with Crippen molar-refractivity contribution >= 4 is 0 Å². The fourth-order valence-corrected chi connectivity index (χ4v) is 2.40. The fraction of sp³-hybridized carbons (Fsp3) is 1.00. The average molecular weight is 197 g/mol. The van der Waals surface area contributed by atoms with Gasteiger partial charge in [-0.3, -0.25) is 0 Å². The van der Waals surface area contributed by atoms with Crippen molar-refractivity contribution in [2.24, 2.45) is 10.8 Å². The van der Waals surface area contributed by atoms with Gasteiger partial charge in [0.05, 0.1) is 13.2 Å². The van der Waals surface area contributed by atoms with Crippen molar-refractivity contribution in [3.8, 4) is 0 Å². The second-order valence-electron chi connectivity index (χ2n) is 5.66. The van der Waals surface area contributed by atoms with E-state index in [-0.39, 0.29) is 0 Å². The Balaban J connectivity index is 1.63. The van der Waals surface area contributed by atoms with Crippen LogP contribution in [0.2, 0.25) is 0 Å². The molecule has 0 radical (unpaired) electrons. The van der Waals surface area contributed by atoms with E-state index in [0.717, 1.165) is 19.8 Å². The lowest BCUT2D eigenvalue weighted by Gasteiger charge is -2.38. The highest BCUT2D eigenvalue weighted by Crippen LogP contribution is 2.49. The minimum Gasteiger partial charge on any atom is -0.380 e. The summed E-state index contributed by atoms with van der Waals surface area (Å²) in [6.45, 7) is 8.86. The van der Waals surface area contributed by atoms with E-state index in [9.17, 15) is 0 Å². The molecule has 2 rings (SSSR count). The van der Waals surface area contributed by atoms with E-state index in [1.807, 2.05) is 0 Å². The van der Waals surface area contributed by atoms with Crippen LogP contribution in [0.1, 0.15) is 39.5 Å². The van der Waals surface area contributed by atoms with Crippen LogP contribution >= 0.6 is 0 Å². The highest BCUT2D eigenvalue weighted by atomic mass is 16.5. The summed E-state index contributed by atoms with van der Waals surface area (Å²) in [6, 6.07) is 0. The van der Waals surface area contributed by atoms with Gasteiger partial charge in [0.2, 0.25) is 0 Å². The van der Waals surface area contributed by atoms with Crippen LogP contribution in [0.25, 0.3) is 0 Å². The van der Waals surface area contributed by atoms with E-state index in [4.69, 9.17) is 4.74 Å². The molecule has 2 fully saturated rings. The third kappa shape index (κ3) is 2.29. The molecule has 2 nitrogen and oxygen atoms in total. The molecular weight excluding hydrogens is 174 g/mol. The zero-order valence-electron chi connectivity index (χ0n) is 9.57. The van der Waals surface area contributed by atoms with Gasteiger partial charge in [0.1, 0.15) is 0 Å². The molecule has 1 heterocycles. The Hall–Kier alpha value is -0.0800. The van der Waals surface area contributed by atoms with E-state index in [0.29, 0.717) is 10.8 Å². The highest BCUT2D eigenvalue weighted by Gasteiger charge is 2.41. The number of nitrogens with one attached hydrogen (secondary N) is 1. The Morgan fingerprint density at radius 3 is 2.36 bits per heavy atom. The average Bonchev–Trinajstić information content (AvgIpc) is 2.83. The Kier molecular flexibility index (Phi) is 2.85. The minimum atomic E-state index is 0.433. The van der Waals surface area contributed by atoms with Crippen molar-refractivity contribution in [1.82, 2.24) is 5.32 Å². The molecule has 0 spiro atoms. The molecule has 0 bridgehead atoms. The molecule has 14 heavy (non-hydrogen) atoms. The van der Waals surface area contributed by atoms with Gasteiger partial charge in [-0.05, 0) is 24.7 Å². The topological polar surface area (TPSA) is 21.3 Å². The summed E-state index contributed by atoms with van der Waals surface area (Å²) in [5, 5.41) is 3.64. The summed E-state index contributed by atoms with van der Waals surface area (Å²) in [6.07, 6.45) is 5.64. The maximum Gasteiger partial charge on any atom is 0.0554 e. The van der Waals surface area contributed by atoms with Gasteiger partial charge < -0.3 is 10.1 Å². The van der Waals surface area contributed by atoms with Crippen LogP contribution in [0.4, 0.5) is 0 Å². The summed E-state index contributed by atoms with van der Waals surface area (Å²) in [5.74, 6) is 0. The maximum atomic E-state index is 5.24. The lowest BCUT2D eigenvalue weighted by atomic mass is 9.88. The molecule has 1 N–H and O–H groups in total. The molecule has 1 aliphatic carbocycles. The molecule has 82 valence electrons. The van der Waals surface area contributed by atoms with Gasteiger partial charge >= 0.3 is 0 Å². The van der Waals surface area contributed by atoms with E-state index in [2.05, 4.69) is 19.2 Å². The normalized spacial score (nSPS) is 27.0. The van der Waals surface area contributed by atoms with Crippen LogP contribution in [0.3, 0.4) is 0 Å². The predicted molar refractivity (Wildman–Crippen MR) is 58.4 cm³/mol. The van der Waals surface area contributed by atoms with Crippen molar-refractivity contribution in [2.75, 3.05) is 26.3 Å². The predicted octanol–water partition coefficient (Wildman–Crippen LogP) is 2.19. The standard InChI is InChI=1S/C12H23NO/c1-3-4-12(5-6-12)8-13-7-11(2)9-14-10-11/h13H,3-10H2,1-2H3. The van der Waals surface area contributed by atoms with Crippen molar-refractivity contribution in [1.29, 1.82) is 0 Å². The van der Waals surface area contributed by atoms with Crippen LogP contribution in [0.5, 0.6) is 0 Å². The first-order valence-electron chi connectivity index (χ1n) is 5.97. The Morgan fingerprint density at radius 2 is 1.93 bits per heavy atom. The van der Waals surface area contributed by atoms with Crippen LogP contribution in [-0.4, -0.2) is 26.3 Å². The van der Waals surface area contributed by atoms with Crippen molar-refractivity contribution < 1.29 is 4.74 Å². The van der Waals surface area contributed by atoms with Crippen LogP contribution in [-0.2, 0) is 4.74 Å². The van der Waals surface area contributed by atoms with Gasteiger partial charge in [0, 0.05) is 18.5 Å². The monoisotopic (exact) mass is 197 g/mol. The lowest BCUT2D eigenvalue weighted by Crippen LogP contribution is -2.48. The highest BCUT2D eigenvalue weighted by molar-refractivity contribution is 4.95. The number of ether oxygens (including phenoxy) is 1. The molecule has 0 aromatic carbocycles. The van der Waals surface area contributed by atoms with Crippen LogP contribution in [0.15, 0.2) is 0 Å². The first kappa shape index (κ1) is 10.4. The summed E-state index contributed by atoms with van der Waals surface area (Å²) in [7, 11) is 0. The van der Waals surface area contributed by atoms with Crippen LogP contribution in [0, 0.1) is 10.8 Å². The molecule has 0 amide bonds. The third-order valence-electron chi connectivity index (χ3n) is 3.69. The largest absolute Gasteiger partial charge is 0.380 e. The molecule has 2 aliphatic rings. The quantitative estimate of drug-likeness (QED) is 0.705. The molecule has 0 aromatic heterocycles. The first-order chi connectivity index (χ1) is 6.68. The van der Waals surface area contributed by atoms with Gasteiger partial charge in [-0.15, -0.1) is 0 Å². The second-order valence-corrected chi connectivity index (χ2v) is 5.66. The number of hydrogen-bond acceptors (Lipinski definition) is 2. The molecule has 2 heteroatoms. The molecule has 1 saturated heterocycles. The third-order valence-corrected chi connectivity index (χ3v) is 3.69. The molecule has 1 aliphatic heterocycles. The zero-order valence-corrected chi connectivity index (χ0v) is 9.57. The lowest BCUT2D eigenvalue weighted by molar-refractivity contribution is -0.0993. The zero-order chi connectivity index (χ0) is 10.1. The SMILES string of the molecule is CCCC1(CNCC2(C)COC2)CC1. The van der Waals surface area contributed by atoms with E-state index in [1.165, 1.54) is 32.2 Å². The van der Waals surface area contributed by atoms with E-state index < -0.39 is 0 Å². The fourth-order valence-electron chi connectivity index (χ4n) is 2.40. The number of hydrogen-bond donors (Lipinski definition) is 1. The Morgan fingerprint density at radius 1 is 1.21 bits per heavy atom. The Labute approximate surface area is 87.4 Å². The molecule has 1 saturated carbocycles.